The van der Waals surface area contributed by atoms with Gasteiger partial charge in [-0.2, -0.15) is 0 Å². The summed E-state index contributed by atoms with van der Waals surface area (Å²) in [6.45, 7) is 18.4. The van der Waals surface area contributed by atoms with Gasteiger partial charge in [-0.1, -0.05) is 56.2 Å². The third-order valence-corrected chi connectivity index (χ3v) is 12.9. The molecule has 1 spiro atoms. The van der Waals surface area contributed by atoms with Crippen LogP contribution in [0.25, 0.3) is 0 Å². The fraction of sp³-hybridized carbons (Fsp3) is 0.500. The van der Waals surface area contributed by atoms with Crippen LogP contribution < -0.4 is 14.5 Å². The second-order valence-corrected chi connectivity index (χ2v) is 15.7. The fourth-order valence-corrected chi connectivity index (χ4v) is 10.9. The van der Waals surface area contributed by atoms with E-state index < -0.39 is 33.4 Å². The largest absolute Gasteiger partial charge is 0.494 e. The molecule has 1 N–H and O–H groups in total. The molecule has 0 aliphatic carbocycles. The number of anilines is 2. The second-order valence-electron chi connectivity index (χ2n) is 13.4. The number of hydrogen-bond donors (Lipinski definition) is 1. The molecule has 0 aromatic heterocycles. The van der Waals surface area contributed by atoms with Crippen LogP contribution in [-0.4, -0.2) is 75.6 Å². The topological polar surface area (TPSA) is 90.4 Å². The number of amides is 3. The van der Waals surface area contributed by atoms with E-state index in [4.69, 9.17) is 16.3 Å². The lowest BCUT2D eigenvalue weighted by Crippen LogP contribution is -2.59. The number of ether oxygens (including phenoxy) is 1. The first kappa shape index (κ1) is 36.0. The number of hydrogen-bond acceptors (Lipinski definition) is 6. The highest BCUT2D eigenvalue weighted by Gasteiger charge is 2.78. The number of thioether (sulfide) groups is 1. The summed E-state index contributed by atoms with van der Waals surface area (Å²) in [7, 11) is 0. The molecule has 3 heterocycles. The number of para-hydroxylation sites is 1. The van der Waals surface area contributed by atoms with E-state index in [1.165, 1.54) is 0 Å². The molecule has 5 rings (SSSR count). The van der Waals surface area contributed by atoms with Crippen LogP contribution in [0.4, 0.5) is 11.4 Å². The van der Waals surface area contributed by atoms with Crippen LogP contribution in [0, 0.1) is 24.7 Å². The Kier molecular flexibility index (Phi) is 10.7. The van der Waals surface area contributed by atoms with Crippen molar-refractivity contribution in [2.75, 3.05) is 36.1 Å². The van der Waals surface area contributed by atoms with Crippen molar-refractivity contribution in [1.29, 1.82) is 0 Å². The highest BCUT2D eigenvalue weighted by Crippen LogP contribution is 2.72. The van der Waals surface area contributed by atoms with Gasteiger partial charge in [0.05, 0.1) is 46.5 Å². The molecule has 3 amide bonds. The standard InChI is InChI=1S/C38H48ClN3O5S/c1-8-21-40(26-15-17-27(18-16-26)47-11-4)34(44)30-31-35(45)42(29(23-43)24(5)10-3)33(38(31)20-19-37(30,7)48-38)36(46)41(22-9-2)32-25(6)13-12-14-28(32)39/h8-9,12-18,24,29-31,33,43H,1-2,10-11,19-23H2,3-7H3/t24-,29-,30-,31-,33?,37+,38?/m0/s1. The maximum absolute atomic E-state index is 15.2. The summed E-state index contributed by atoms with van der Waals surface area (Å²) in [5.41, 5.74) is 2.08. The Balaban J connectivity index is 1.65. The van der Waals surface area contributed by atoms with Crippen molar-refractivity contribution in [3.8, 4) is 5.75 Å². The molecule has 7 atom stereocenters. The van der Waals surface area contributed by atoms with Crippen LogP contribution in [0.1, 0.15) is 52.5 Å². The van der Waals surface area contributed by atoms with Crippen LogP contribution in [0.3, 0.4) is 0 Å². The van der Waals surface area contributed by atoms with E-state index in [0.717, 1.165) is 5.56 Å². The van der Waals surface area contributed by atoms with Gasteiger partial charge in [-0.25, -0.2) is 0 Å². The van der Waals surface area contributed by atoms with Gasteiger partial charge in [0, 0.05) is 23.5 Å². The van der Waals surface area contributed by atoms with E-state index in [1.54, 1.807) is 44.7 Å². The monoisotopic (exact) mass is 693 g/mol. The van der Waals surface area contributed by atoms with Crippen LogP contribution in [0.5, 0.6) is 5.75 Å². The molecule has 3 aliphatic rings. The van der Waals surface area contributed by atoms with Gasteiger partial charge >= 0.3 is 0 Å². The molecule has 3 saturated heterocycles. The van der Waals surface area contributed by atoms with E-state index in [9.17, 15) is 9.90 Å². The van der Waals surface area contributed by atoms with Crippen LogP contribution >= 0.6 is 23.4 Å². The molecule has 0 radical (unpaired) electrons. The molecule has 2 aromatic carbocycles. The average molecular weight is 694 g/mol. The highest BCUT2D eigenvalue weighted by atomic mass is 35.5. The number of likely N-dealkylation sites (tertiary alicyclic amines) is 1. The lowest BCUT2D eigenvalue weighted by molar-refractivity contribution is -0.143. The van der Waals surface area contributed by atoms with Crippen molar-refractivity contribution >= 4 is 52.5 Å². The third kappa shape index (κ3) is 5.86. The molecule has 2 unspecified atom stereocenters. The fourth-order valence-electron chi connectivity index (χ4n) is 8.23. The van der Waals surface area contributed by atoms with E-state index >= 15 is 9.59 Å². The third-order valence-electron chi connectivity index (χ3n) is 10.6. The predicted molar refractivity (Wildman–Crippen MR) is 195 cm³/mol. The summed E-state index contributed by atoms with van der Waals surface area (Å²) in [6.07, 6.45) is 5.30. The molecule has 2 aromatic rings. The SMILES string of the molecule is C=CCN(C(=O)[C@@H]1[C@H]2C(=O)N([C@@H](CO)[C@@H](C)CC)C(C(=O)N(CC=C)c3c(C)cccc3Cl)C23CC[C@@]1(C)S3)c1ccc(OCC)cc1. The summed E-state index contributed by atoms with van der Waals surface area (Å²) < 4.78 is 4.17. The summed E-state index contributed by atoms with van der Waals surface area (Å²) >= 11 is 8.36. The highest BCUT2D eigenvalue weighted by molar-refractivity contribution is 8.02. The number of aryl methyl sites for hydroxylation is 1. The molecule has 0 saturated carbocycles. The van der Waals surface area contributed by atoms with Crippen molar-refractivity contribution < 1.29 is 24.2 Å². The number of nitrogens with zero attached hydrogens (tertiary/aromatic N) is 3. The van der Waals surface area contributed by atoms with Gasteiger partial charge < -0.3 is 24.5 Å². The summed E-state index contributed by atoms with van der Waals surface area (Å²) in [5.74, 6) is -1.53. The van der Waals surface area contributed by atoms with E-state index in [2.05, 4.69) is 20.1 Å². The first-order valence-electron chi connectivity index (χ1n) is 16.9. The Labute approximate surface area is 294 Å². The molecule has 8 nitrogen and oxygen atoms in total. The average Bonchev–Trinajstić information content (AvgIpc) is 3.64. The normalized spacial score (nSPS) is 26.9. The number of carbonyl (C=O) groups is 3. The minimum absolute atomic E-state index is 0.0903. The Hall–Kier alpha value is -3.27. The zero-order chi connectivity index (χ0) is 35.0. The minimum atomic E-state index is -0.917. The minimum Gasteiger partial charge on any atom is -0.494 e. The Morgan fingerprint density at radius 2 is 1.77 bits per heavy atom. The Morgan fingerprint density at radius 1 is 1.10 bits per heavy atom. The van der Waals surface area contributed by atoms with Gasteiger partial charge in [0.1, 0.15) is 11.8 Å². The molecular formula is C38H48ClN3O5S. The van der Waals surface area contributed by atoms with E-state index in [1.807, 2.05) is 64.1 Å². The van der Waals surface area contributed by atoms with Crippen molar-refractivity contribution in [2.24, 2.45) is 17.8 Å². The smallest absolute Gasteiger partial charge is 0.251 e. The quantitative estimate of drug-likeness (QED) is 0.222. The zero-order valence-electron chi connectivity index (χ0n) is 28.7. The number of rotatable bonds is 14. The number of benzene rings is 2. The van der Waals surface area contributed by atoms with Gasteiger partial charge in [0.15, 0.2) is 0 Å². The lowest BCUT2D eigenvalue weighted by Gasteiger charge is -2.41. The predicted octanol–water partition coefficient (Wildman–Crippen LogP) is 6.67. The first-order chi connectivity index (χ1) is 22.9. The first-order valence-corrected chi connectivity index (χ1v) is 18.1. The van der Waals surface area contributed by atoms with Crippen LogP contribution in [0.15, 0.2) is 67.8 Å². The second kappa shape index (κ2) is 14.3. The van der Waals surface area contributed by atoms with Gasteiger partial charge in [-0.05, 0) is 75.4 Å². The van der Waals surface area contributed by atoms with Gasteiger partial charge in [0.2, 0.25) is 11.8 Å². The molecule has 2 bridgehead atoms. The number of fused-ring (bicyclic) bond motifs is 1. The maximum atomic E-state index is 15.2. The summed E-state index contributed by atoms with van der Waals surface area (Å²) in [4.78, 5) is 50.1. The van der Waals surface area contributed by atoms with Gasteiger partial charge in [0.25, 0.3) is 5.91 Å². The molecule has 48 heavy (non-hydrogen) atoms. The van der Waals surface area contributed by atoms with Crippen LogP contribution in [0.2, 0.25) is 5.02 Å². The molecule has 3 aliphatic heterocycles. The number of aliphatic hydroxyl groups is 1. The van der Waals surface area contributed by atoms with Gasteiger partial charge in [-0.3, -0.25) is 14.4 Å². The van der Waals surface area contributed by atoms with Gasteiger partial charge in [-0.15, -0.1) is 24.9 Å². The Morgan fingerprint density at radius 3 is 2.35 bits per heavy atom. The molecule has 258 valence electrons. The zero-order valence-corrected chi connectivity index (χ0v) is 30.2. The number of aliphatic hydroxyl groups excluding tert-OH is 1. The molecule has 10 heteroatoms. The van der Waals surface area contributed by atoms with Crippen LogP contribution in [-0.2, 0) is 14.4 Å². The number of carbonyl (C=O) groups excluding carboxylic acids is 3. The van der Waals surface area contributed by atoms with Crippen molar-refractivity contribution in [3.63, 3.8) is 0 Å². The number of halogens is 1. The van der Waals surface area contributed by atoms with Crippen molar-refractivity contribution in [3.05, 3.63) is 78.4 Å². The molecular weight excluding hydrogens is 646 g/mol. The summed E-state index contributed by atoms with van der Waals surface area (Å²) in [6, 6.07) is 11.3. The summed E-state index contributed by atoms with van der Waals surface area (Å²) in [5, 5.41) is 11.2. The lowest BCUT2D eigenvalue weighted by atomic mass is 9.66. The van der Waals surface area contributed by atoms with E-state index in [-0.39, 0.29) is 43.3 Å². The Bertz CT molecular complexity index is 1550. The van der Waals surface area contributed by atoms with Crippen molar-refractivity contribution in [1.82, 2.24) is 4.90 Å². The maximum Gasteiger partial charge on any atom is 0.251 e. The van der Waals surface area contributed by atoms with E-state index in [0.29, 0.717) is 48.0 Å². The molecule has 3 fully saturated rings. The van der Waals surface area contributed by atoms with Crippen molar-refractivity contribution in [2.45, 2.75) is 75.5 Å².